The van der Waals surface area contributed by atoms with E-state index in [0.29, 0.717) is 0 Å². The van der Waals surface area contributed by atoms with Gasteiger partial charge in [-0.2, -0.15) is 0 Å². The minimum atomic E-state index is 0.0778. The van der Waals surface area contributed by atoms with Crippen LogP contribution in [-0.4, -0.2) is 24.7 Å². The van der Waals surface area contributed by atoms with Crippen LogP contribution in [0.15, 0.2) is 0 Å². The van der Waals surface area contributed by atoms with Crippen molar-refractivity contribution in [3.8, 4) is 0 Å². The van der Waals surface area contributed by atoms with Gasteiger partial charge in [0.2, 0.25) is 5.91 Å². The molecule has 0 aromatic carbocycles. The second-order valence-corrected chi connectivity index (χ2v) is 4.03. The molecule has 1 N–H and O–H groups in total. The third-order valence-electron chi connectivity index (χ3n) is 2.95. The number of hydrogen-bond acceptors (Lipinski definition) is 2. The summed E-state index contributed by atoms with van der Waals surface area (Å²) >= 11 is 0. The van der Waals surface area contributed by atoms with Crippen molar-refractivity contribution in [2.24, 2.45) is 5.92 Å². The van der Waals surface area contributed by atoms with Crippen molar-refractivity contribution in [1.82, 2.24) is 5.32 Å². The van der Waals surface area contributed by atoms with Gasteiger partial charge in [-0.1, -0.05) is 13.8 Å². The Labute approximate surface area is 86.2 Å². The third-order valence-corrected chi connectivity index (χ3v) is 2.95. The van der Waals surface area contributed by atoms with Crippen LogP contribution in [0, 0.1) is 5.92 Å². The van der Waals surface area contributed by atoms with Crippen molar-refractivity contribution >= 4 is 5.91 Å². The van der Waals surface area contributed by atoms with Crippen molar-refractivity contribution in [1.29, 1.82) is 0 Å². The number of nitrogens with one attached hydrogen (secondary N) is 1. The second-order valence-electron chi connectivity index (χ2n) is 4.03. The maximum atomic E-state index is 11.8. The molecule has 0 bridgehead atoms. The van der Waals surface area contributed by atoms with E-state index in [1.54, 1.807) is 0 Å². The van der Waals surface area contributed by atoms with Gasteiger partial charge in [-0.05, 0) is 26.2 Å². The van der Waals surface area contributed by atoms with Crippen LogP contribution in [0.3, 0.4) is 0 Å². The third kappa shape index (κ3) is 2.71. The van der Waals surface area contributed by atoms with Gasteiger partial charge in [0.1, 0.15) is 0 Å². The Morgan fingerprint density at radius 2 is 2.29 bits per heavy atom. The Hall–Kier alpha value is -0.570. The van der Waals surface area contributed by atoms with Crippen LogP contribution >= 0.6 is 0 Å². The first-order chi connectivity index (χ1) is 6.69. The Balaban J connectivity index is 2.43. The molecule has 0 saturated carbocycles. The number of ether oxygens (including phenoxy) is 1. The maximum absolute atomic E-state index is 11.8. The molecule has 82 valence electrons. The molecule has 1 amide bonds. The number of rotatable bonds is 4. The zero-order valence-corrected chi connectivity index (χ0v) is 9.38. The van der Waals surface area contributed by atoms with E-state index in [1.165, 1.54) is 0 Å². The molecule has 0 aromatic rings. The largest absolute Gasteiger partial charge is 0.377 e. The van der Waals surface area contributed by atoms with Gasteiger partial charge in [0.15, 0.2) is 0 Å². The van der Waals surface area contributed by atoms with E-state index in [1.807, 2.05) is 6.92 Å². The minimum absolute atomic E-state index is 0.0778. The first-order valence-corrected chi connectivity index (χ1v) is 5.61. The lowest BCUT2D eigenvalue weighted by molar-refractivity contribution is -0.127. The van der Waals surface area contributed by atoms with Gasteiger partial charge in [-0.25, -0.2) is 0 Å². The monoisotopic (exact) mass is 199 g/mol. The van der Waals surface area contributed by atoms with Crippen LogP contribution in [-0.2, 0) is 9.53 Å². The number of hydrogen-bond donors (Lipinski definition) is 1. The normalized spacial score (nSPS) is 28.8. The summed E-state index contributed by atoms with van der Waals surface area (Å²) < 4.78 is 5.49. The summed E-state index contributed by atoms with van der Waals surface area (Å²) in [6.45, 7) is 6.92. The Kier molecular flexibility index (Phi) is 4.39. The van der Waals surface area contributed by atoms with Gasteiger partial charge < -0.3 is 10.1 Å². The summed E-state index contributed by atoms with van der Waals surface area (Å²) in [4.78, 5) is 11.8. The topological polar surface area (TPSA) is 38.3 Å². The summed E-state index contributed by atoms with van der Waals surface area (Å²) in [6, 6.07) is 0.278. The molecule has 3 atom stereocenters. The van der Waals surface area contributed by atoms with Crippen molar-refractivity contribution in [3.05, 3.63) is 0 Å². The molecule has 3 unspecified atom stereocenters. The first kappa shape index (κ1) is 11.5. The van der Waals surface area contributed by atoms with Crippen LogP contribution in [0.25, 0.3) is 0 Å². The lowest BCUT2D eigenvalue weighted by atomic mass is 9.98. The molecule has 1 aliphatic heterocycles. The van der Waals surface area contributed by atoms with Gasteiger partial charge in [0, 0.05) is 12.6 Å². The minimum Gasteiger partial charge on any atom is -0.377 e. The zero-order chi connectivity index (χ0) is 10.6. The first-order valence-electron chi connectivity index (χ1n) is 5.61. The molecular formula is C11H21NO2. The van der Waals surface area contributed by atoms with Crippen molar-refractivity contribution < 1.29 is 9.53 Å². The molecule has 1 heterocycles. The van der Waals surface area contributed by atoms with Crippen LogP contribution in [0.4, 0.5) is 0 Å². The maximum Gasteiger partial charge on any atom is 0.226 e. The van der Waals surface area contributed by atoms with Crippen molar-refractivity contribution in [3.63, 3.8) is 0 Å². The van der Waals surface area contributed by atoms with Crippen LogP contribution in [0.1, 0.15) is 40.0 Å². The highest BCUT2D eigenvalue weighted by Gasteiger charge is 2.32. The molecule has 1 fully saturated rings. The number of amides is 1. The molecule has 1 aliphatic rings. The Morgan fingerprint density at radius 1 is 1.57 bits per heavy atom. The van der Waals surface area contributed by atoms with E-state index in [4.69, 9.17) is 4.74 Å². The van der Waals surface area contributed by atoms with E-state index < -0.39 is 0 Å². The fourth-order valence-corrected chi connectivity index (χ4v) is 1.80. The van der Waals surface area contributed by atoms with Crippen LogP contribution in [0.5, 0.6) is 0 Å². The summed E-state index contributed by atoms with van der Waals surface area (Å²) in [6.07, 6.45) is 2.93. The van der Waals surface area contributed by atoms with Crippen LogP contribution in [0.2, 0.25) is 0 Å². The fraction of sp³-hybridized carbons (Fsp3) is 0.909. The smallest absolute Gasteiger partial charge is 0.226 e. The predicted octanol–water partition coefficient (Wildman–Crippen LogP) is 1.72. The molecule has 3 heteroatoms. The fourth-order valence-electron chi connectivity index (χ4n) is 1.80. The van der Waals surface area contributed by atoms with Gasteiger partial charge in [0.25, 0.3) is 0 Å². The van der Waals surface area contributed by atoms with E-state index in [0.717, 1.165) is 25.9 Å². The second kappa shape index (κ2) is 5.35. The highest BCUT2D eigenvalue weighted by Crippen LogP contribution is 2.23. The average molecular weight is 199 g/mol. The molecule has 14 heavy (non-hydrogen) atoms. The molecule has 0 aliphatic carbocycles. The summed E-state index contributed by atoms with van der Waals surface area (Å²) in [7, 11) is 0. The molecule has 1 saturated heterocycles. The van der Waals surface area contributed by atoms with Crippen molar-refractivity contribution in [2.45, 2.75) is 52.2 Å². The van der Waals surface area contributed by atoms with Gasteiger partial charge in [0.05, 0.1) is 12.0 Å². The summed E-state index contributed by atoms with van der Waals surface area (Å²) in [5.41, 5.74) is 0. The predicted molar refractivity (Wildman–Crippen MR) is 56.0 cm³/mol. The highest BCUT2D eigenvalue weighted by atomic mass is 16.5. The zero-order valence-electron chi connectivity index (χ0n) is 9.38. The van der Waals surface area contributed by atoms with Crippen molar-refractivity contribution in [2.75, 3.05) is 6.61 Å². The Morgan fingerprint density at radius 3 is 2.86 bits per heavy atom. The van der Waals surface area contributed by atoms with Gasteiger partial charge >= 0.3 is 0 Å². The van der Waals surface area contributed by atoms with Gasteiger partial charge in [-0.3, -0.25) is 4.79 Å². The van der Waals surface area contributed by atoms with Crippen LogP contribution < -0.4 is 5.32 Å². The molecule has 0 aromatic heterocycles. The lowest BCUT2D eigenvalue weighted by Crippen LogP contribution is -2.39. The van der Waals surface area contributed by atoms with E-state index >= 15 is 0 Å². The summed E-state index contributed by atoms with van der Waals surface area (Å²) in [5.74, 6) is 0.248. The number of carbonyl (C=O) groups is 1. The lowest BCUT2D eigenvalue weighted by Gasteiger charge is -2.19. The molecule has 1 rings (SSSR count). The van der Waals surface area contributed by atoms with Gasteiger partial charge in [-0.15, -0.1) is 0 Å². The number of carbonyl (C=O) groups excluding carboxylic acids is 1. The SMILES string of the molecule is CCC(C)NC(=O)C1CCOC1CC. The van der Waals surface area contributed by atoms with E-state index in [9.17, 15) is 4.79 Å². The highest BCUT2D eigenvalue weighted by molar-refractivity contribution is 5.79. The average Bonchev–Trinajstić information content (AvgIpc) is 2.65. The molecule has 3 nitrogen and oxygen atoms in total. The Bertz CT molecular complexity index is 194. The quantitative estimate of drug-likeness (QED) is 0.748. The molecular weight excluding hydrogens is 178 g/mol. The standard InChI is InChI=1S/C11H21NO2/c1-4-8(3)12-11(13)9-6-7-14-10(9)5-2/h8-10H,4-7H2,1-3H3,(H,12,13). The van der Waals surface area contributed by atoms with E-state index in [-0.39, 0.29) is 24.0 Å². The molecule has 0 spiro atoms. The summed E-state index contributed by atoms with van der Waals surface area (Å²) in [5, 5.41) is 3.02. The molecule has 0 radical (unpaired) electrons. The van der Waals surface area contributed by atoms with E-state index in [2.05, 4.69) is 19.2 Å².